The van der Waals surface area contributed by atoms with Crippen LogP contribution in [0.1, 0.15) is 11.1 Å². The molecule has 0 saturated carbocycles. The van der Waals surface area contributed by atoms with Gasteiger partial charge in [0.25, 0.3) is 0 Å². The molecular weight excluding hydrogens is 382 g/mol. The zero-order valence-electron chi connectivity index (χ0n) is 17.3. The van der Waals surface area contributed by atoms with Crippen LogP contribution in [0.5, 0.6) is 11.5 Å². The van der Waals surface area contributed by atoms with Crippen LogP contribution in [-0.4, -0.2) is 38.7 Å². The maximum Gasteiger partial charge on any atom is 0.153 e. The first-order valence-corrected chi connectivity index (χ1v) is 9.42. The Bertz CT molecular complexity index is 898. The quantitative estimate of drug-likeness (QED) is 0.644. The molecule has 156 valence electrons. The number of rotatable bonds is 9. The van der Waals surface area contributed by atoms with E-state index in [0.717, 1.165) is 28.9 Å². The summed E-state index contributed by atoms with van der Waals surface area (Å²) >= 11 is 0. The number of hydrazone groups is 1. The van der Waals surface area contributed by atoms with Crippen LogP contribution in [0.3, 0.4) is 0 Å². The Hall–Kier alpha value is -3.74. The Labute approximate surface area is 176 Å². The molecule has 0 aliphatic carbocycles. The van der Waals surface area contributed by atoms with Gasteiger partial charge in [0.15, 0.2) is 6.29 Å². The molecule has 0 amide bonds. The van der Waals surface area contributed by atoms with Gasteiger partial charge in [-0.05, 0) is 41.5 Å². The summed E-state index contributed by atoms with van der Waals surface area (Å²) in [5, 5.41) is 4.19. The molecule has 0 radical (unpaired) electrons. The van der Waals surface area contributed by atoms with Crippen molar-refractivity contribution >= 4 is 12.5 Å². The molecular formula is C23H25N3O4. The van der Waals surface area contributed by atoms with Crippen LogP contribution in [0, 0.1) is 0 Å². The third-order valence-electron chi connectivity index (χ3n) is 4.68. The Morgan fingerprint density at radius 1 is 0.867 bits per heavy atom. The number of benzene rings is 2. The summed E-state index contributed by atoms with van der Waals surface area (Å²) in [4.78, 5) is 13.9. The van der Waals surface area contributed by atoms with E-state index in [0.29, 0.717) is 30.2 Å². The van der Waals surface area contributed by atoms with Crippen LogP contribution in [0.2, 0.25) is 0 Å². The lowest BCUT2D eigenvalue weighted by atomic mass is 10.1. The smallest absolute Gasteiger partial charge is 0.153 e. The number of ether oxygens (including phenoxy) is 3. The molecule has 2 aromatic rings. The fourth-order valence-electron chi connectivity index (χ4n) is 3.05. The van der Waals surface area contributed by atoms with E-state index in [9.17, 15) is 4.79 Å². The second-order valence-electron chi connectivity index (χ2n) is 6.59. The molecule has 0 saturated heterocycles. The first kappa shape index (κ1) is 21.0. The van der Waals surface area contributed by atoms with E-state index in [-0.39, 0.29) is 0 Å². The Morgan fingerprint density at radius 2 is 1.40 bits per heavy atom. The van der Waals surface area contributed by atoms with E-state index in [4.69, 9.17) is 14.2 Å². The van der Waals surface area contributed by atoms with Crippen LogP contribution in [0.15, 0.2) is 76.9 Å². The van der Waals surface area contributed by atoms with Crippen molar-refractivity contribution < 1.29 is 19.0 Å². The average molecular weight is 407 g/mol. The van der Waals surface area contributed by atoms with Gasteiger partial charge in [-0.1, -0.05) is 24.3 Å². The molecule has 0 fully saturated rings. The van der Waals surface area contributed by atoms with Crippen molar-refractivity contribution in [2.75, 3.05) is 21.3 Å². The molecule has 3 rings (SSSR count). The minimum Gasteiger partial charge on any atom is -0.497 e. The lowest BCUT2D eigenvalue weighted by molar-refractivity contribution is -0.104. The van der Waals surface area contributed by atoms with Crippen molar-refractivity contribution in [3.63, 3.8) is 0 Å². The standard InChI is InChI=1S/C23H25N3O4/c1-28-20-8-4-17(5-9-20)14-26(15-18-6-10-21(29-2)11-7-18)23-19(16-27)12-22(30-3)13-24-25-23/h4-13,16,25H,14-15H2,1-3H3. The molecule has 7 heteroatoms. The van der Waals surface area contributed by atoms with Gasteiger partial charge in [0.1, 0.15) is 23.1 Å². The van der Waals surface area contributed by atoms with E-state index in [1.165, 1.54) is 13.3 Å². The molecule has 0 unspecified atom stereocenters. The summed E-state index contributed by atoms with van der Waals surface area (Å²) in [7, 11) is 4.82. The van der Waals surface area contributed by atoms with Gasteiger partial charge < -0.3 is 19.1 Å². The Kier molecular flexibility index (Phi) is 7.10. The zero-order chi connectivity index (χ0) is 21.3. The van der Waals surface area contributed by atoms with Crippen molar-refractivity contribution in [2.24, 2.45) is 5.10 Å². The number of nitrogens with one attached hydrogen (secondary N) is 1. The summed E-state index contributed by atoms with van der Waals surface area (Å²) in [5.74, 6) is 2.67. The van der Waals surface area contributed by atoms with Gasteiger partial charge in [-0.3, -0.25) is 10.2 Å². The van der Waals surface area contributed by atoms with Gasteiger partial charge in [-0.2, -0.15) is 5.10 Å². The van der Waals surface area contributed by atoms with Crippen molar-refractivity contribution in [1.29, 1.82) is 0 Å². The highest BCUT2D eigenvalue weighted by molar-refractivity contribution is 5.85. The van der Waals surface area contributed by atoms with Crippen molar-refractivity contribution in [2.45, 2.75) is 13.1 Å². The molecule has 30 heavy (non-hydrogen) atoms. The molecule has 0 bridgehead atoms. The third kappa shape index (κ3) is 5.20. The molecule has 1 heterocycles. The summed E-state index contributed by atoms with van der Waals surface area (Å²) in [5.41, 5.74) is 5.57. The highest BCUT2D eigenvalue weighted by Gasteiger charge is 2.18. The lowest BCUT2D eigenvalue weighted by Crippen LogP contribution is -2.30. The first-order chi connectivity index (χ1) is 14.7. The van der Waals surface area contributed by atoms with E-state index in [1.54, 1.807) is 20.3 Å². The topological polar surface area (TPSA) is 72.4 Å². The van der Waals surface area contributed by atoms with Crippen molar-refractivity contribution in [3.05, 3.63) is 82.9 Å². The number of aldehydes is 1. The van der Waals surface area contributed by atoms with Crippen molar-refractivity contribution in [3.8, 4) is 11.5 Å². The number of hydrogen-bond acceptors (Lipinski definition) is 7. The number of hydrogen-bond donors (Lipinski definition) is 1. The van der Waals surface area contributed by atoms with Gasteiger partial charge >= 0.3 is 0 Å². The first-order valence-electron chi connectivity index (χ1n) is 9.42. The van der Waals surface area contributed by atoms with E-state index < -0.39 is 0 Å². The fraction of sp³-hybridized carbons (Fsp3) is 0.217. The zero-order valence-corrected chi connectivity index (χ0v) is 17.3. The van der Waals surface area contributed by atoms with Gasteiger partial charge in [0, 0.05) is 13.1 Å². The molecule has 0 spiro atoms. The number of carbonyl (C=O) groups is 1. The van der Waals surface area contributed by atoms with Crippen LogP contribution >= 0.6 is 0 Å². The van der Waals surface area contributed by atoms with Gasteiger partial charge in [0.05, 0.1) is 33.1 Å². The molecule has 2 aromatic carbocycles. The minimum absolute atomic E-state index is 0.450. The molecule has 1 N–H and O–H groups in total. The van der Waals surface area contributed by atoms with E-state index >= 15 is 0 Å². The van der Waals surface area contributed by atoms with Crippen LogP contribution in [0.25, 0.3) is 0 Å². The summed E-state index contributed by atoms with van der Waals surface area (Å²) < 4.78 is 15.7. The Morgan fingerprint density at radius 3 is 1.83 bits per heavy atom. The fourth-order valence-corrected chi connectivity index (χ4v) is 3.05. The lowest BCUT2D eigenvalue weighted by Gasteiger charge is -2.28. The molecule has 0 aromatic heterocycles. The SMILES string of the molecule is COC1=CC(C=O)=C(N(Cc2ccc(OC)cc2)Cc2ccc(OC)cc2)NN=C1. The second-order valence-corrected chi connectivity index (χ2v) is 6.59. The van der Waals surface area contributed by atoms with E-state index in [2.05, 4.69) is 15.4 Å². The predicted octanol–water partition coefficient (Wildman–Crippen LogP) is 3.24. The molecule has 0 atom stereocenters. The number of methoxy groups -OCH3 is 3. The highest BCUT2D eigenvalue weighted by atomic mass is 16.5. The number of nitrogens with zero attached hydrogens (tertiary/aromatic N) is 2. The summed E-state index contributed by atoms with van der Waals surface area (Å²) in [6, 6.07) is 15.6. The molecule has 1 aliphatic heterocycles. The Balaban J connectivity index is 1.96. The largest absolute Gasteiger partial charge is 0.497 e. The summed E-state index contributed by atoms with van der Waals surface area (Å²) in [6.45, 7) is 1.11. The van der Waals surface area contributed by atoms with Gasteiger partial charge in [-0.25, -0.2) is 0 Å². The predicted molar refractivity (Wildman–Crippen MR) is 115 cm³/mol. The summed E-state index contributed by atoms with van der Waals surface area (Å²) in [6.07, 6.45) is 4.00. The average Bonchev–Trinajstić information content (AvgIpc) is 3.01. The van der Waals surface area contributed by atoms with Crippen LogP contribution in [-0.2, 0) is 22.6 Å². The number of carbonyl (C=O) groups excluding carboxylic acids is 1. The third-order valence-corrected chi connectivity index (χ3v) is 4.68. The highest BCUT2D eigenvalue weighted by Crippen LogP contribution is 2.22. The van der Waals surface area contributed by atoms with Gasteiger partial charge in [0.2, 0.25) is 0 Å². The maximum absolute atomic E-state index is 11.8. The van der Waals surface area contributed by atoms with E-state index in [1.807, 2.05) is 48.5 Å². The molecule has 1 aliphatic rings. The van der Waals surface area contributed by atoms with Crippen LogP contribution in [0.4, 0.5) is 0 Å². The van der Waals surface area contributed by atoms with Crippen molar-refractivity contribution in [1.82, 2.24) is 10.3 Å². The second kappa shape index (κ2) is 10.2. The normalized spacial score (nSPS) is 13.1. The van der Waals surface area contributed by atoms with Gasteiger partial charge in [-0.15, -0.1) is 0 Å². The molecule has 7 nitrogen and oxygen atoms in total. The van der Waals surface area contributed by atoms with Crippen LogP contribution < -0.4 is 14.9 Å². The maximum atomic E-state index is 11.8. The number of allylic oxidation sites excluding steroid dienone is 3. The monoisotopic (exact) mass is 407 g/mol. The minimum atomic E-state index is 0.450.